The zero-order chi connectivity index (χ0) is 19.7. The van der Waals surface area contributed by atoms with Crippen molar-refractivity contribution in [1.82, 2.24) is 9.97 Å². The lowest BCUT2D eigenvalue weighted by Crippen LogP contribution is -2.13. The molecule has 1 heterocycles. The first-order valence-corrected chi connectivity index (χ1v) is 8.62. The van der Waals surface area contributed by atoms with Gasteiger partial charge in [0, 0.05) is 16.2 Å². The summed E-state index contributed by atoms with van der Waals surface area (Å²) in [7, 11) is 0. The predicted molar refractivity (Wildman–Crippen MR) is 93.4 cm³/mol. The number of hydrogen-bond acceptors (Lipinski definition) is 3. The third kappa shape index (κ3) is 4.63. The minimum Gasteiger partial charge on any atom is -0.233 e. The molecule has 0 radical (unpaired) electrons. The largest absolute Gasteiger partial charge is 0.416 e. The van der Waals surface area contributed by atoms with Gasteiger partial charge in [-0.05, 0) is 43.0 Å². The summed E-state index contributed by atoms with van der Waals surface area (Å²) in [6.45, 7) is 1.56. The molecule has 27 heavy (non-hydrogen) atoms. The van der Waals surface area contributed by atoms with Crippen LogP contribution < -0.4 is 0 Å². The summed E-state index contributed by atoms with van der Waals surface area (Å²) in [5.41, 5.74) is -0.631. The van der Waals surface area contributed by atoms with Crippen molar-refractivity contribution < 1.29 is 22.0 Å². The number of halogens is 5. The van der Waals surface area contributed by atoms with E-state index in [1.807, 2.05) is 0 Å². The van der Waals surface area contributed by atoms with E-state index < -0.39 is 22.7 Å². The monoisotopic (exact) mass is 396 g/mol. The average Bonchev–Trinajstić information content (AvgIpc) is 2.61. The Kier molecular flexibility index (Phi) is 5.19. The summed E-state index contributed by atoms with van der Waals surface area (Å²) < 4.78 is 67.9. The van der Waals surface area contributed by atoms with Crippen molar-refractivity contribution in [1.29, 1.82) is 0 Å². The van der Waals surface area contributed by atoms with Gasteiger partial charge in [0.1, 0.15) is 5.69 Å². The predicted octanol–water partition coefficient (Wildman–Crippen LogP) is 6.31. The highest BCUT2D eigenvalue weighted by Crippen LogP contribution is 2.45. The summed E-state index contributed by atoms with van der Waals surface area (Å²) in [4.78, 5) is 7.91. The zero-order valence-electron chi connectivity index (χ0n) is 14.0. The molecule has 2 nitrogen and oxygen atoms in total. The molecule has 0 atom stereocenters. The highest BCUT2D eigenvalue weighted by Gasteiger charge is 2.37. The van der Waals surface area contributed by atoms with E-state index >= 15 is 0 Å². The van der Waals surface area contributed by atoms with Crippen molar-refractivity contribution in [3.8, 4) is 11.4 Å². The number of hydrogen-bond donors (Lipinski definition) is 0. The SMILES string of the molecule is Cc1cc(C(F)(F)Sc2cccc(C(F)(F)F)c2)nc(-c2ccccc2)n1. The van der Waals surface area contributed by atoms with Crippen molar-refractivity contribution in [2.75, 3.05) is 0 Å². The van der Waals surface area contributed by atoms with Gasteiger partial charge < -0.3 is 0 Å². The second-order valence-corrected chi connectivity index (χ2v) is 6.92. The van der Waals surface area contributed by atoms with E-state index in [2.05, 4.69) is 9.97 Å². The van der Waals surface area contributed by atoms with Crippen LogP contribution in [-0.2, 0) is 11.4 Å². The minimum atomic E-state index is -4.60. The van der Waals surface area contributed by atoms with Gasteiger partial charge in [-0.3, -0.25) is 0 Å². The summed E-state index contributed by atoms with van der Waals surface area (Å²) in [6.07, 6.45) is -4.60. The number of alkyl halides is 5. The molecule has 2 aromatic carbocycles. The van der Waals surface area contributed by atoms with Crippen molar-refractivity contribution in [3.05, 3.63) is 77.6 Å². The van der Waals surface area contributed by atoms with Crippen LogP contribution in [0.15, 0.2) is 65.6 Å². The number of rotatable bonds is 4. The van der Waals surface area contributed by atoms with Crippen LogP contribution in [-0.4, -0.2) is 9.97 Å². The molecule has 0 saturated carbocycles. The third-order valence-corrected chi connectivity index (χ3v) is 4.55. The molecule has 0 aliphatic rings. The molecule has 3 aromatic rings. The highest BCUT2D eigenvalue weighted by molar-refractivity contribution is 8.00. The topological polar surface area (TPSA) is 25.8 Å². The Morgan fingerprint density at radius 2 is 1.52 bits per heavy atom. The van der Waals surface area contributed by atoms with Crippen LogP contribution in [0.3, 0.4) is 0 Å². The van der Waals surface area contributed by atoms with Gasteiger partial charge in [-0.2, -0.15) is 22.0 Å². The summed E-state index contributed by atoms with van der Waals surface area (Å²) >= 11 is 0.0182. The van der Waals surface area contributed by atoms with Gasteiger partial charge in [0.25, 0.3) is 0 Å². The van der Waals surface area contributed by atoms with Gasteiger partial charge in [-0.1, -0.05) is 36.4 Å². The van der Waals surface area contributed by atoms with Crippen LogP contribution in [0.1, 0.15) is 17.0 Å². The van der Waals surface area contributed by atoms with E-state index in [0.29, 0.717) is 17.3 Å². The standard InChI is InChI=1S/C19H13F5N2S/c1-12-10-16(26-17(25-12)13-6-3-2-4-7-13)19(23,24)27-15-9-5-8-14(11-15)18(20,21)22/h2-11H,1H3. The molecule has 0 aliphatic heterocycles. The number of aromatic nitrogens is 2. The van der Waals surface area contributed by atoms with Crippen molar-refractivity contribution in [2.45, 2.75) is 23.3 Å². The molecular formula is C19H13F5N2S. The Hall–Kier alpha value is -2.48. The lowest BCUT2D eigenvalue weighted by molar-refractivity contribution is -0.137. The first-order valence-electron chi connectivity index (χ1n) is 7.81. The van der Waals surface area contributed by atoms with E-state index in [1.165, 1.54) is 6.07 Å². The first kappa shape index (κ1) is 19.3. The van der Waals surface area contributed by atoms with E-state index in [9.17, 15) is 22.0 Å². The summed E-state index contributed by atoms with van der Waals surface area (Å²) in [6, 6.07) is 13.6. The normalized spacial score (nSPS) is 12.2. The highest BCUT2D eigenvalue weighted by atomic mass is 32.2. The molecule has 1 aromatic heterocycles. The zero-order valence-corrected chi connectivity index (χ0v) is 14.8. The fourth-order valence-electron chi connectivity index (χ4n) is 2.37. The Morgan fingerprint density at radius 1 is 0.815 bits per heavy atom. The molecule has 0 unspecified atom stereocenters. The van der Waals surface area contributed by atoms with Crippen LogP contribution in [0.4, 0.5) is 22.0 Å². The Bertz CT molecular complexity index is 942. The molecule has 0 saturated heterocycles. The second kappa shape index (κ2) is 7.26. The molecule has 3 rings (SSSR count). The first-order chi connectivity index (χ1) is 12.6. The number of aryl methyl sites for hydroxylation is 1. The molecule has 0 spiro atoms. The van der Waals surface area contributed by atoms with Crippen LogP contribution in [0.25, 0.3) is 11.4 Å². The Labute approximate surface area is 156 Å². The molecule has 0 aliphatic carbocycles. The molecule has 8 heteroatoms. The minimum absolute atomic E-state index is 0.0182. The fraction of sp³-hybridized carbons (Fsp3) is 0.158. The lowest BCUT2D eigenvalue weighted by Gasteiger charge is -2.17. The number of nitrogens with zero attached hydrogens (tertiary/aromatic N) is 2. The fourth-order valence-corrected chi connectivity index (χ4v) is 3.21. The van der Waals surface area contributed by atoms with Crippen LogP contribution in [0.2, 0.25) is 0 Å². The maximum atomic E-state index is 14.7. The van der Waals surface area contributed by atoms with Gasteiger partial charge in [0.15, 0.2) is 5.82 Å². The van der Waals surface area contributed by atoms with E-state index in [4.69, 9.17) is 0 Å². The maximum absolute atomic E-state index is 14.7. The maximum Gasteiger partial charge on any atom is 0.416 e. The molecule has 0 fully saturated rings. The quantitative estimate of drug-likeness (QED) is 0.382. The molecule has 0 amide bonds. The number of thioether (sulfide) groups is 1. The molecular weight excluding hydrogens is 383 g/mol. The van der Waals surface area contributed by atoms with E-state index in [1.54, 1.807) is 37.3 Å². The van der Waals surface area contributed by atoms with Crippen LogP contribution in [0, 0.1) is 6.92 Å². The van der Waals surface area contributed by atoms with Gasteiger partial charge in [0.2, 0.25) is 0 Å². The Morgan fingerprint density at radius 3 is 2.19 bits per heavy atom. The molecule has 140 valence electrons. The van der Waals surface area contributed by atoms with Crippen molar-refractivity contribution in [2.24, 2.45) is 0 Å². The summed E-state index contributed by atoms with van der Waals surface area (Å²) in [5.74, 6) is 0.134. The lowest BCUT2D eigenvalue weighted by atomic mass is 10.2. The van der Waals surface area contributed by atoms with E-state index in [-0.39, 0.29) is 22.5 Å². The van der Waals surface area contributed by atoms with E-state index in [0.717, 1.165) is 18.2 Å². The second-order valence-electron chi connectivity index (χ2n) is 5.73. The summed E-state index contributed by atoms with van der Waals surface area (Å²) in [5, 5.41) is -3.53. The van der Waals surface area contributed by atoms with Gasteiger partial charge in [0.05, 0.1) is 5.56 Å². The third-order valence-electron chi connectivity index (χ3n) is 3.59. The van der Waals surface area contributed by atoms with Gasteiger partial charge in [-0.15, -0.1) is 0 Å². The average molecular weight is 396 g/mol. The van der Waals surface area contributed by atoms with Gasteiger partial charge in [-0.25, -0.2) is 9.97 Å². The smallest absolute Gasteiger partial charge is 0.233 e. The van der Waals surface area contributed by atoms with Gasteiger partial charge >= 0.3 is 11.4 Å². The molecule has 0 bridgehead atoms. The van der Waals surface area contributed by atoms with Crippen molar-refractivity contribution >= 4 is 11.8 Å². The Balaban J connectivity index is 1.95. The van der Waals surface area contributed by atoms with Crippen LogP contribution >= 0.6 is 11.8 Å². The molecule has 0 N–H and O–H groups in total. The van der Waals surface area contributed by atoms with Crippen molar-refractivity contribution in [3.63, 3.8) is 0 Å². The van der Waals surface area contributed by atoms with Crippen LogP contribution in [0.5, 0.6) is 0 Å². The number of benzene rings is 2.